The van der Waals surface area contributed by atoms with Crippen molar-refractivity contribution < 1.29 is 14.3 Å². The standard InChI is InChI=1S/C24H26N2O3/c1-17(24(28)26-14-13-18-7-2-3-8-20(18)16-26)29-23(27)12-6-9-19-15-25-22-11-5-4-10-21(19)22/h2-5,7-8,10-11,15,17,25H,6,9,12-14,16H2,1H3. The first-order chi connectivity index (χ1) is 14.1. The summed E-state index contributed by atoms with van der Waals surface area (Å²) >= 11 is 0. The lowest BCUT2D eigenvalue weighted by atomic mass is 9.99. The fourth-order valence-corrected chi connectivity index (χ4v) is 4.01. The number of aromatic nitrogens is 1. The van der Waals surface area contributed by atoms with E-state index in [-0.39, 0.29) is 11.9 Å². The second-order valence-electron chi connectivity index (χ2n) is 7.62. The van der Waals surface area contributed by atoms with Crippen LogP contribution < -0.4 is 0 Å². The number of amides is 1. The molecule has 29 heavy (non-hydrogen) atoms. The Kier molecular flexibility index (Phi) is 5.65. The molecule has 0 fully saturated rings. The topological polar surface area (TPSA) is 62.4 Å². The van der Waals surface area contributed by atoms with Gasteiger partial charge in [0, 0.05) is 36.6 Å². The Labute approximate surface area is 170 Å². The van der Waals surface area contributed by atoms with Crippen LogP contribution in [0.4, 0.5) is 0 Å². The van der Waals surface area contributed by atoms with Crippen LogP contribution in [-0.4, -0.2) is 34.4 Å². The third-order valence-electron chi connectivity index (χ3n) is 5.60. The van der Waals surface area contributed by atoms with E-state index in [1.165, 1.54) is 22.1 Å². The summed E-state index contributed by atoms with van der Waals surface area (Å²) in [6.07, 6.45) is 3.88. The van der Waals surface area contributed by atoms with E-state index in [9.17, 15) is 9.59 Å². The second-order valence-corrected chi connectivity index (χ2v) is 7.62. The molecule has 1 amide bonds. The normalized spacial score (nSPS) is 14.4. The van der Waals surface area contributed by atoms with E-state index in [1.807, 2.05) is 36.5 Å². The number of nitrogens with one attached hydrogen (secondary N) is 1. The summed E-state index contributed by atoms with van der Waals surface area (Å²) in [5.41, 5.74) is 4.76. The van der Waals surface area contributed by atoms with Gasteiger partial charge in [-0.25, -0.2) is 0 Å². The van der Waals surface area contributed by atoms with Crippen molar-refractivity contribution in [3.63, 3.8) is 0 Å². The zero-order chi connectivity index (χ0) is 20.2. The molecule has 3 aromatic rings. The number of aromatic amines is 1. The van der Waals surface area contributed by atoms with Gasteiger partial charge in [-0.05, 0) is 48.9 Å². The van der Waals surface area contributed by atoms with E-state index < -0.39 is 6.10 Å². The Morgan fingerprint density at radius 1 is 1.10 bits per heavy atom. The number of esters is 1. The summed E-state index contributed by atoms with van der Waals surface area (Å²) in [6, 6.07) is 16.3. The molecular weight excluding hydrogens is 364 g/mol. The van der Waals surface area contributed by atoms with Gasteiger partial charge in [-0.1, -0.05) is 42.5 Å². The highest BCUT2D eigenvalue weighted by molar-refractivity contribution is 5.84. The summed E-state index contributed by atoms with van der Waals surface area (Å²) in [6.45, 7) is 2.91. The molecule has 1 atom stereocenters. The number of fused-ring (bicyclic) bond motifs is 2. The average Bonchev–Trinajstić information content (AvgIpc) is 3.16. The van der Waals surface area contributed by atoms with Crippen molar-refractivity contribution in [1.29, 1.82) is 0 Å². The van der Waals surface area contributed by atoms with E-state index >= 15 is 0 Å². The molecule has 2 heterocycles. The zero-order valence-corrected chi connectivity index (χ0v) is 16.7. The van der Waals surface area contributed by atoms with Gasteiger partial charge in [0.05, 0.1) is 0 Å². The van der Waals surface area contributed by atoms with Gasteiger partial charge in [0.25, 0.3) is 5.91 Å². The molecule has 0 saturated heterocycles. The summed E-state index contributed by atoms with van der Waals surface area (Å²) in [4.78, 5) is 30.0. The van der Waals surface area contributed by atoms with Crippen LogP contribution in [0.15, 0.2) is 54.7 Å². The van der Waals surface area contributed by atoms with E-state index in [0.717, 1.165) is 18.4 Å². The number of ether oxygens (including phenoxy) is 1. The predicted octanol–water partition coefficient (Wildman–Crippen LogP) is 4.01. The summed E-state index contributed by atoms with van der Waals surface area (Å²) in [5.74, 6) is -0.437. The van der Waals surface area contributed by atoms with Crippen molar-refractivity contribution in [2.45, 2.75) is 45.3 Å². The lowest BCUT2D eigenvalue weighted by Gasteiger charge is -2.30. The molecule has 0 radical (unpaired) electrons. The molecule has 0 saturated carbocycles. The predicted molar refractivity (Wildman–Crippen MR) is 112 cm³/mol. The van der Waals surface area contributed by atoms with Crippen LogP contribution in [0.2, 0.25) is 0 Å². The molecule has 5 nitrogen and oxygen atoms in total. The molecule has 1 N–H and O–H groups in total. The quantitative estimate of drug-likeness (QED) is 0.647. The van der Waals surface area contributed by atoms with Gasteiger partial charge in [-0.15, -0.1) is 0 Å². The molecule has 0 spiro atoms. The molecular formula is C24H26N2O3. The molecule has 1 unspecified atom stereocenters. The van der Waals surface area contributed by atoms with Crippen molar-refractivity contribution in [1.82, 2.24) is 9.88 Å². The van der Waals surface area contributed by atoms with Gasteiger partial charge in [0.15, 0.2) is 6.10 Å². The Balaban J connectivity index is 1.25. The van der Waals surface area contributed by atoms with Gasteiger partial charge in [-0.2, -0.15) is 0 Å². The Hall–Kier alpha value is -3.08. The highest BCUT2D eigenvalue weighted by atomic mass is 16.5. The first-order valence-corrected chi connectivity index (χ1v) is 10.2. The smallest absolute Gasteiger partial charge is 0.306 e. The average molecular weight is 390 g/mol. The molecule has 150 valence electrons. The van der Waals surface area contributed by atoms with Crippen LogP contribution in [-0.2, 0) is 33.7 Å². The van der Waals surface area contributed by atoms with Crippen LogP contribution in [0.5, 0.6) is 0 Å². The van der Waals surface area contributed by atoms with E-state index in [2.05, 4.69) is 23.2 Å². The number of benzene rings is 2. The van der Waals surface area contributed by atoms with E-state index in [1.54, 1.807) is 11.8 Å². The van der Waals surface area contributed by atoms with Gasteiger partial charge < -0.3 is 14.6 Å². The van der Waals surface area contributed by atoms with Gasteiger partial charge in [0.2, 0.25) is 0 Å². The highest BCUT2D eigenvalue weighted by Gasteiger charge is 2.26. The van der Waals surface area contributed by atoms with Gasteiger partial charge >= 0.3 is 5.97 Å². The third kappa shape index (κ3) is 4.34. The number of hydrogen-bond donors (Lipinski definition) is 1. The van der Waals surface area contributed by atoms with Crippen molar-refractivity contribution in [3.05, 3.63) is 71.4 Å². The number of carbonyl (C=O) groups excluding carboxylic acids is 2. The van der Waals surface area contributed by atoms with Crippen LogP contribution in [0, 0.1) is 0 Å². The van der Waals surface area contributed by atoms with Gasteiger partial charge in [0.1, 0.15) is 0 Å². The van der Waals surface area contributed by atoms with Crippen LogP contribution in [0.25, 0.3) is 10.9 Å². The van der Waals surface area contributed by atoms with Crippen molar-refractivity contribution >= 4 is 22.8 Å². The molecule has 1 aliphatic heterocycles. The molecule has 1 aromatic heterocycles. The first kappa shape index (κ1) is 19.2. The van der Waals surface area contributed by atoms with Crippen molar-refractivity contribution in [2.24, 2.45) is 0 Å². The monoisotopic (exact) mass is 390 g/mol. The SMILES string of the molecule is CC(OC(=O)CCCc1c[nH]c2ccccc12)C(=O)N1CCc2ccccc2C1. The molecule has 1 aliphatic rings. The number of para-hydroxylation sites is 1. The maximum absolute atomic E-state index is 12.7. The van der Waals surface area contributed by atoms with Gasteiger partial charge in [-0.3, -0.25) is 9.59 Å². The lowest BCUT2D eigenvalue weighted by Crippen LogP contribution is -2.42. The highest BCUT2D eigenvalue weighted by Crippen LogP contribution is 2.21. The number of rotatable bonds is 6. The van der Waals surface area contributed by atoms with Crippen LogP contribution >= 0.6 is 0 Å². The number of H-pyrrole nitrogens is 1. The zero-order valence-electron chi connectivity index (χ0n) is 16.7. The fourth-order valence-electron chi connectivity index (χ4n) is 4.01. The van der Waals surface area contributed by atoms with E-state index in [4.69, 9.17) is 4.74 Å². The minimum atomic E-state index is -0.749. The van der Waals surface area contributed by atoms with Crippen molar-refractivity contribution in [3.8, 4) is 0 Å². The van der Waals surface area contributed by atoms with Crippen LogP contribution in [0.3, 0.4) is 0 Å². The van der Waals surface area contributed by atoms with Crippen molar-refractivity contribution in [2.75, 3.05) is 6.54 Å². The number of aryl methyl sites for hydroxylation is 1. The third-order valence-corrected chi connectivity index (χ3v) is 5.60. The number of hydrogen-bond acceptors (Lipinski definition) is 3. The fraction of sp³-hybridized carbons (Fsp3) is 0.333. The number of carbonyl (C=O) groups is 2. The Bertz CT molecular complexity index is 1020. The summed E-state index contributed by atoms with van der Waals surface area (Å²) in [7, 11) is 0. The molecule has 4 rings (SSSR count). The molecule has 2 aromatic carbocycles. The maximum atomic E-state index is 12.7. The minimum absolute atomic E-state index is 0.121. The summed E-state index contributed by atoms with van der Waals surface area (Å²) in [5, 5.41) is 1.19. The Morgan fingerprint density at radius 2 is 1.86 bits per heavy atom. The second kappa shape index (κ2) is 8.52. The molecule has 5 heteroatoms. The summed E-state index contributed by atoms with van der Waals surface area (Å²) < 4.78 is 5.42. The number of nitrogens with zero attached hydrogens (tertiary/aromatic N) is 1. The maximum Gasteiger partial charge on any atom is 0.306 e. The lowest BCUT2D eigenvalue weighted by molar-refractivity contribution is -0.159. The first-order valence-electron chi connectivity index (χ1n) is 10.2. The molecule has 0 aliphatic carbocycles. The Morgan fingerprint density at radius 3 is 2.72 bits per heavy atom. The van der Waals surface area contributed by atoms with E-state index in [0.29, 0.717) is 25.9 Å². The minimum Gasteiger partial charge on any atom is -0.453 e. The van der Waals surface area contributed by atoms with Crippen LogP contribution in [0.1, 0.15) is 36.5 Å². The largest absolute Gasteiger partial charge is 0.453 e. The molecule has 0 bridgehead atoms.